The van der Waals surface area contributed by atoms with Gasteiger partial charge < -0.3 is 47.4 Å². The van der Waals surface area contributed by atoms with Crippen LogP contribution in [0.2, 0.25) is 0 Å². The fourth-order valence-corrected chi connectivity index (χ4v) is 3.08. The fraction of sp³-hybridized carbons (Fsp3) is 0.964. The number of ether oxygens (including phenoxy) is 10. The van der Waals surface area contributed by atoms with Crippen molar-refractivity contribution < 1.29 is 56.6 Å². The Hall–Kier alpha value is -0.960. The third-order valence-electron chi connectivity index (χ3n) is 5.17. The van der Waals surface area contributed by atoms with Gasteiger partial charge in [-0.05, 0) is 6.42 Å². The molecule has 12 heteroatoms. The van der Waals surface area contributed by atoms with Gasteiger partial charge in [0.25, 0.3) is 0 Å². The second-order valence-corrected chi connectivity index (χ2v) is 8.59. The van der Waals surface area contributed by atoms with Crippen LogP contribution < -0.4 is 0 Å². The molecule has 0 aromatic carbocycles. The lowest BCUT2D eigenvalue weighted by atomic mass is 10.1. The fourth-order valence-electron chi connectivity index (χ4n) is 3.08. The lowest BCUT2D eigenvalue weighted by Crippen LogP contribution is -2.15. The Morgan fingerprint density at radius 3 is 1.05 bits per heavy atom. The summed E-state index contributed by atoms with van der Waals surface area (Å²) < 4.78 is 65.1. The molecule has 240 valence electrons. The average molecular weight is 587 g/mol. The van der Waals surface area contributed by atoms with Crippen LogP contribution >= 0.6 is 0 Å². The predicted molar refractivity (Wildman–Crippen MR) is 148 cm³/mol. The van der Waals surface area contributed by atoms with Gasteiger partial charge >= 0.3 is 5.97 Å². The SMILES string of the molecule is CCCCCCCC(=O)OCCOCCOCCOCCOCCOCCOCCOCCOCCOCCF. The normalized spacial score (nSPS) is 11.3. The van der Waals surface area contributed by atoms with Crippen molar-refractivity contribution >= 4 is 5.97 Å². The first kappa shape index (κ1) is 39.0. The van der Waals surface area contributed by atoms with Crippen molar-refractivity contribution in [2.45, 2.75) is 45.4 Å². The van der Waals surface area contributed by atoms with Crippen LogP contribution in [0.3, 0.4) is 0 Å². The third kappa shape index (κ3) is 35.1. The Morgan fingerprint density at radius 1 is 0.425 bits per heavy atom. The zero-order chi connectivity index (χ0) is 29.0. The largest absolute Gasteiger partial charge is 0.463 e. The highest BCUT2D eigenvalue weighted by Gasteiger charge is 2.02. The summed E-state index contributed by atoms with van der Waals surface area (Å²) >= 11 is 0. The molecule has 0 radical (unpaired) electrons. The number of unbranched alkanes of at least 4 members (excludes halogenated alkanes) is 4. The molecule has 0 N–H and O–H groups in total. The van der Waals surface area contributed by atoms with Crippen molar-refractivity contribution in [2.75, 3.05) is 132 Å². The van der Waals surface area contributed by atoms with Crippen LogP contribution in [0, 0.1) is 0 Å². The molecule has 0 rings (SSSR count). The van der Waals surface area contributed by atoms with E-state index in [1.807, 2.05) is 0 Å². The van der Waals surface area contributed by atoms with Crippen LogP contribution in [0.1, 0.15) is 45.4 Å². The summed E-state index contributed by atoms with van der Waals surface area (Å²) in [6, 6.07) is 0. The van der Waals surface area contributed by atoms with Gasteiger partial charge in [0.05, 0.1) is 119 Å². The Bertz CT molecular complexity index is 489. The van der Waals surface area contributed by atoms with Crippen LogP contribution in [-0.2, 0) is 52.2 Å². The first-order valence-electron chi connectivity index (χ1n) is 14.7. The number of esters is 1. The molecule has 11 nitrogen and oxygen atoms in total. The second kappa shape index (κ2) is 36.1. The van der Waals surface area contributed by atoms with Gasteiger partial charge in [0.2, 0.25) is 0 Å². The van der Waals surface area contributed by atoms with Gasteiger partial charge in [0.1, 0.15) is 13.3 Å². The molecule has 0 saturated carbocycles. The van der Waals surface area contributed by atoms with E-state index < -0.39 is 6.67 Å². The van der Waals surface area contributed by atoms with Crippen LogP contribution in [0.5, 0.6) is 0 Å². The van der Waals surface area contributed by atoms with Crippen LogP contribution in [0.25, 0.3) is 0 Å². The highest BCUT2D eigenvalue weighted by molar-refractivity contribution is 5.69. The predicted octanol–water partition coefficient (Wildman–Crippen LogP) is 3.01. The highest BCUT2D eigenvalue weighted by Crippen LogP contribution is 2.05. The van der Waals surface area contributed by atoms with Crippen LogP contribution in [0.4, 0.5) is 4.39 Å². The minimum atomic E-state index is -0.475. The van der Waals surface area contributed by atoms with E-state index in [-0.39, 0.29) is 19.2 Å². The molecule has 0 heterocycles. The molecule has 0 aliphatic heterocycles. The highest BCUT2D eigenvalue weighted by atomic mass is 19.1. The van der Waals surface area contributed by atoms with E-state index in [1.165, 1.54) is 19.3 Å². The maximum Gasteiger partial charge on any atom is 0.305 e. The molecule has 40 heavy (non-hydrogen) atoms. The van der Waals surface area contributed by atoms with Crippen molar-refractivity contribution in [2.24, 2.45) is 0 Å². The summed E-state index contributed by atoms with van der Waals surface area (Å²) in [7, 11) is 0. The Kier molecular flexibility index (Phi) is 35.2. The molecule has 0 bridgehead atoms. The summed E-state index contributed by atoms with van der Waals surface area (Å²) in [5.74, 6) is -0.150. The van der Waals surface area contributed by atoms with Gasteiger partial charge in [0, 0.05) is 6.42 Å². The molecule has 0 aromatic rings. The second-order valence-electron chi connectivity index (χ2n) is 8.59. The smallest absolute Gasteiger partial charge is 0.305 e. The minimum absolute atomic E-state index is 0.112. The molecular formula is C28H55FO11. The van der Waals surface area contributed by atoms with Crippen LogP contribution in [-0.4, -0.2) is 138 Å². The van der Waals surface area contributed by atoms with E-state index in [0.717, 1.165) is 12.8 Å². The lowest BCUT2D eigenvalue weighted by molar-refractivity contribution is -0.145. The molecule has 0 amide bonds. The summed E-state index contributed by atoms with van der Waals surface area (Å²) in [4.78, 5) is 11.6. The molecule has 0 aromatic heterocycles. The molecule has 0 spiro atoms. The topological polar surface area (TPSA) is 109 Å². The molecule has 0 fully saturated rings. The van der Waals surface area contributed by atoms with Gasteiger partial charge in [-0.2, -0.15) is 0 Å². The summed E-state index contributed by atoms with van der Waals surface area (Å²) in [6.07, 6.45) is 6.07. The molecular weight excluding hydrogens is 531 g/mol. The van der Waals surface area contributed by atoms with E-state index in [0.29, 0.717) is 119 Å². The maximum absolute atomic E-state index is 11.8. The van der Waals surface area contributed by atoms with Crippen molar-refractivity contribution in [1.29, 1.82) is 0 Å². The zero-order valence-electron chi connectivity index (χ0n) is 24.8. The van der Waals surface area contributed by atoms with E-state index in [1.54, 1.807) is 0 Å². The molecule has 0 aliphatic carbocycles. The van der Waals surface area contributed by atoms with Gasteiger partial charge in [-0.1, -0.05) is 32.6 Å². The Labute approximate surface area is 240 Å². The van der Waals surface area contributed by atoms with Gasteiger partial charge in [-0.15, -0.1) is 0 Å². The number of rotatable bonds is 35. The van der Waals surface area contributed by atoms with E-state index in [4.69, 9.17) is 47.4 Å². The summed E-state index contributed by atoms with van der Waals surface area (Å²) in [5.41, 5.74) is 0. The minimum Gasteiger partial charge on any atom is -0.463 e. The standard InChI is InChI=1S/C28H55FO11/c1-2-3-4-5-6-7-28(30)40-27-26-39-25-24-38-23-22-37-21-20-36-19-18-35-17-16-34-15-14-33-13-12-32-11-10-31-9-8-29/h2-27H2,1H3. The zero-order valence-corrected chi connectivity index (χ0v) is 24.8. The molecule has 0 saturated heterocycles. The first-order chi connectivity index (χ1) is 19.8. The number of carbonyl (C=O) groups is 1. The van der Waals surface area contributed by atoms with Gasteiger partial charge in [-0.3, -0.25) is 4.79 Å². The molecule has 0 aliphatic rings. The van der Waals surface area contributed by atoms with E-state index in [2.05, 4.69) is 6.92 Å². The average Bonchev–Trinajstić information content (AvgIpc) is 2.96. The maximum atomic E-state index is 11.8. The molecule has 0 atom stereocenters. The number of hydrogen-bond donors (Lipinski definition) is 0. The first-order valence-corrected chi connectivity index (χ1v) is 14.7. The van der Waals surface area contributed by atoms with Crippen LogP contribution in [0.15, 0.2) is 0 Å². The Morgan fingerprint density at radius 2 is 0.725 bits per heavy atom. The number of hydrogen-bond acceptors (Lipinski definition) is 11. The van der Waals surface area contributed by atoms with Gasteiger partial charge in [-0.25, -0.2) is 4.39 Å². The quantitative estimate of drug-likeness (QED) is 0.0808. The summed E-state index contributed by atoms with van der Waals surface area (Å²) in [6.45, 7) is 10.1. The monoisotopic (exact) mass is 586 g/mol. The van der Waals surface area contributed by atoms with E-state index >= 15 is 0 Å². The van der Waals surface area contributed by atoms with Crippen molar-refractivity contribution in [1.82, 2.24) is 0 Å². The lowest BCUT2D eigenvalue weighted by Gasteiger charge is -2.09. The molecule has 0 unspecified atom stereocenters. The summed E-state index contributed by atoms with van der Waals surface area (Å²) in [5, 5.41) is 0. The van der Waals surface area contributed by atoms with Crippen molar-refractivity contribution in [3.8, 4) is 0 Å². The Balaban J connectivity index is 3.08. The van der Waals surface area contributed by atoms with Gasteiger partial charge in [0.15, 0.2) is 0 Å². The van der Waals surface area contributed by atoms with E-state index in [9.17, 15) is 9.18 Å². The van der Waals surface area contributed by atoms with Crippen molar-refractivity contribution in [3.05, 3.63) is 0 Å². The number of halogens is 1. The van der Waals surface area contributed by atoms with Crippen molar-refractivity contribution in [3.63, 3.8) is 0 Å². The number of alkyl halides is 1. The number of carbonyl (C=O) groups excluding carboxylic acids is 1. The third-order valence-corrected chi connectivity index (χ3v) is 5.17.